The zero-order chi connectivity index (χ0) is 12.3. The molecule has 1 saturated heterocycles. The smallest absolute Gasteiger partial charge is 0.324 e. The molecule has 0 aromatic carbocycles. The van der Waals surface area contributed by atoms with Gasteiger partial charge in [0.1, 0.15) is 4.75 Å². The van der Waals surface area contributed by atoms with Crippen molar-refractivity contribution in [1.82, 2.24) is 10.2 Å². The Morgan fingerprint density at radius 1 is 1.56 bits per heavy atom. The summed E-state index contributed by atoms with van der Waals surface area (Å²) in [5, 5.41) is 11.3. The maximum absolute atomic E-state index is 11.2. The minimum absolute atomic E-state index is 0.0336. The van der Waals surface area contributed by atoms with Crippen LogP contribution in [0.4, 0.5) is 4.79 Å². The third-order valence-electron chi connectivity index (χ3n) is 2.23. The van der Waals surface area contributed by atoms with Gasteiger partial charge in [0.05, 0.1) is 6.54 Å². The highest BCUT2D eigenvalue weighted by molar-refractivity contribution is 8.01. The second-order valence-corrected chi connectivity index (χ2v) is 5.59. The molecule has 16 heavy (non-hydrogen) atoms. The zero-order valence-electron chi connectivity index (χ0n) is 9.15. The van der Waals surface area contributed by atoms with Crippen molar-refractivity contribution in [2.45, 2.75) is 18.6 Å². The Morgan fingerprint density at radius 2 is 2.19 bits per heavy atom. The van der Waals surface area contributed by atoms with E-state index in [1.165, 1.54) is 11.8 Å². The maximum Gasteiger partial charge on any atom is 0.324 e. The van der Waals surface area contributed by atoms with Crippen molar-refractivity contribution in [2.75, 3.05) is 18.8 Å². The summed E-state index contributed by atoms with van der Waals surface area (Å²) in [5.74, 6) is -0.758. The van der Waals surface area contributed by atoms with E-state index in [2.05, 4.69) is 5.32 Å². The topological polar surface area (TPSA) is 86.7 Å². The van der Waals surface area contributed by atoms with Crippen LogP contribution in [0, 0.1) is 0 Å². The highest BCUT2D eigenvalue weighted by Crippen LogP contribution is 2.24. The van der Waals surface area contributed by atoms with Crippen LogP contribution in [0.1, 0.15) is 13.8 Å². The molecule has 0 spiro atoms. The second-order valence-electron chi connectivity index (χ2n) is 3.87. The lowest BCUT2D eigenvalue weighted by Gasteiger charge is -2.19. The molecule has 6 nitrogen and oxygen atoms in total. The van der Waals surface area contributed by atoms with Crippen molar-refractivity contribution in [3.63, 3.8) is 0 Å². The molecule has 1 aliphatic heterocycles. The Bertz CT molecular complexity index is 313. The van der Waals surface area contributed by atoms with Gasteiger partial charge in [-0.05, 0) is 13.8 Å². The number of nitrogens with zero attached hydrogens (tertiary/aromatic N) is 1. The van der Waals surface area contributed by atoms with Gasteiger partial charge >= 0.3 is 12.0 Å². The number of carbonyl (C=O) groups is 3. The van der Waals surface area contributed by atoms with Crippen LogP contribution in [0.25, 0.3) is 0 Å². The second kappa shape index (κ2) is 4.73. The fraction of sp³-hybridized carbons (Fsp3) is 0.667. The Hall–Kier alpha value is -1.24. The number of imide groups is 1. The van der Waals surface area contributed by atoms with Crippen LogP contribution in [0.3, 0.4) is 0 Å². The molecule has 90 valence electrons. The fourth-order valence-electron chi connectivity index (χ4n) is 1.14. The number of carboxylic acid groups (broad SMARTS) is 1. The van der Waals surface area contributed by atoms with Gasteiger partial charge in [0, 0.05) is 12.3 Å². The van der Waals surface area contributed by atoms with Crippen LogP contribution in [0.5, 0.6) is 0 Å². The zero-order valence-corrected chi connectivity index (χ0v) is 9.97. The highest BCUT2D eigenvalue weighted by Gasteiger charge is 2.31. The average molecular weight is 246 g/mol. The Labute approximate surface area is 97.4 Å². The summed E-state index contributed by atoms with van der Waals surface area (Å²) in [6.45, 7) is 3.45. The number of amides is 3. The predicted octanol–water partition coefficient (Wildman–Crippen LogP) is 0.135. The van der Waals surface area contributed by atoms with Gasteiger partial charge in [-0.25, -0.2) is 4.79 Å². The van der Waals surface area contributed by atoms with E-state index in [-0.39, 0.29) is 19.0 Å². The monoisotopic (exact) mass is 246 g/mol. The molecule has 0 bridgehead atoms. The van der Waals surface area contributed by atoms with Gasteiger partial charge in [0.25, 0.3) is 0 Å². The number of thioether (sulfide) groups is 1. The average Bonchev–Trinajstić information content (AvgIpc) is 2.48. The van der Waals surface area contributed by atoms with E-state index in [4.69, 9.17) is 5.11 Å². The number of nitrogens with one attached hydrogen (secondary N) is 1. The van der Waals surface area contributed by atoms with Gasteiger partial charge in [-0.1, -0.05) is 0 Å². The fourth-order valence-corrected chi connectivity index (χ4v) is 2.04. The first-order valence-corrected chi connectivity index (χ1v) is 5.78. The summed E-state index contributed by atoms with van der Waals surface area (Å²) in [5.41, 5.74) is 0. The van der Waals surface area contributed by atoms with Crippen LogP contribution < -0.4 is 5.32 Å². The van der Waals surface area contributed by atoms with Crippen LogP contribution in [0.15, 0.2) is 0 Å². The molecule has 0 aromatic rings. The molecule has 1 aliphatic rings. The van der Waals surface area contributed by atoms with Gasteiger partial charge in [0.2, 0.25) is 5.91 Å². The lowest BCUT2D eigenvalue weighted by Crippen LogP contribution is -2.35. The Balaban J connectivity index is 2.38. The molecular weight excluding hydrogens is 232 g/mol. The molecule has 0 unspecified atom stereocenters. The van der Waals surface area contributed by atoms with E-state index >= 15 is 0 Å². The number of carbonyl (C=O) groups excluding carboxylic acids is 2. The van der Waals surface area contributed by atoms with Crippen molar-refractivity contribution in [1.29, 1.82) is 0 Å². The minimum Gasteiger partial charge on any atom is -0.480 e. The summed E-state index contributed by atoms with van der Waals surface area (Å²) < 4.78 is -0.904. The summed E-state index contributed by atoms with van der Waals surface area (Å²) >= 11 is 1.20. The van der Waals surface area contributed by atoms with Gasteiger partial charge in [-0.15, -0.1) is 11.8 Å². The summed E-state index contributed by atoms with van der Waals surface area (Å²) in [7, 11) is 0. The van der Waals surface area contributed by atoms with Gasteiger partial charge in [-0.2, -0.15) is 0 Å². The van der Waals surface area contributed by atoms with Gasteiger partial charge in [-0.3, -0.25) is 14.5 Å². The summed E-state index contributed by atoms with van der Waals surface area (Å²) in [4.78, 5) is 34.2. The number of aliphatic carboxylic acids is 1. The number of hydrogen-bond acceptors (Lipinski definition) is 4. The first-order chi connectivity index (χ1) is 7.34. The molecular formula is C9H14N2O4S. The van der Waals surface area contributed by atoms with Crippen LogP contribution in [-0.4, -0.2) is 51.5 Å². The third kappa shape index (κ3) is 2.88. The van der Waals surface area contributed by atoms with E-state index in [1.807, 2.05) is 0 Å². The van der Waals surface area contributed by atoms with Crippen LogP contribution in [-0.2, 0) is 9.59 Å². The van der Waals surface area contributed by atoms with Gasteiger partial charge in [0.15, 0.2) is 0 Å². The van der Waals surface area contributed by atoms with E-state index in [0.717, 1.165) is 4.90 Å². The van der Waals surface area contributed by atoms with Gasteiger partial charge < -0.3 is 10.4 Å². The minimum atomic E-state index is -0.908. The van der Waals surface area contributed by atoms with Crippen LogP contribution >= 0.6 is 11.8 Å². The first-order valence-electron chi connectivity index (χ1n) is 4.80. The number of rotatable bonds is 5. The summed E-state index contributed by atoms with van der Waals surface area (Å²) in [6.07, 6.45) is 0. The maximum atomic E-state index is 11.2. The molecule has 3 amide bonds. The van der Waals surface area contributed by atoms with Crippen molar-refractivity contribution in [2.24, 2.45) is 0 Å². The van der Waals surface area contributed by atoms with E-state index in [0.29, 0.717) is 5.75 Å². The third-order valence-corrected chi connectivity index (χ3v) is 3.51. The molecule has 0 radical (unpaired) electrons. The molecule has 7 heteroatoms. The predicted molar refractivity (Wildman–Crippen MR) is 59.3 cm³/mol. The molecule has 0 aliphatic carbocycles. The SMILES string of the molecule is CC(C)(SCCN1C(=O)CNC1=O)C(=O)O. The molecule has 0 atom stereocenters. The normalized spacial score (nSPS) is 16.5. The van der Waals surface area contributed by atoms with Crippen molar-refractivity contribution >= 4 is 29.7 Å². The molecule has 2 N–H and O–H groups in total. The van der Waals surface area contributed by atoms with E-state index in [1.54, 1.807) is 13.8 Å². The van der Waals surface area contributed by atoms with E-state index < -0.39 is 16.7 Å². The number of urea groups is 1. The lowest BCUT2D eigenvalue weighted by atomic mass is 10.2. The van der Waals surface area contributed by atoms with E-state index in [9.17, 15) is 14.4 Å². The molecule has 1 rings (SSSR count). The largest absolute Gasteiger partial charge is 0.480 e. The quantitative estimate of drug-likeness (QED) is 0.673. The van der Waals surface area contributed by atoms with Crippen molar-refractivity contribution in [3.8, 4) is 0 Å². The first kappa shape index (κ1) is 12.8. The number of hydrogen-bond donors (Lipinski definition) is 2. The van der Waals surface area contributed by atoms with Crippen molar-refractivity contribution < 1.29 is 19.5 Å². The molecule has 0 aromatic heterocycles. The van der Waals surface area contributed by atoms with Crippen LogP contribution in [0.2, 0.25) is 0 Å². The Kier molecular flexibility index (Phi) is 3.79. The molecule has 1 heterocycles. The standard InChI is InChI=1S/C9H14N2O4S/c1-9(2,7(13)14)16-4-3-11-6(12)5-10-8(11)15/h3-5H2,1-2H3,(H,10,15)(H,13,14). The molecule has 0 saturated carbocycles. The Morgan fingerprint density at radius 3 is 2.62 bits per heavy atom. The molecule has 1 fully saturated rings. The highest BCUT2D eigenvalue weighted by atomic mass is 32.2. The number of carboxylic acids is 1. The lowest BCUT2D eigenvalue weighted by molar-refractivity contribution is -0.138. The summed E-state index contributed by atoms with van der Waals surface area (Å²) in [6, 6.07) is -0.404. The van der Waals surface area contributed by atoms with Crippen molar-refractivity contribution in [3.05, 3.63) is 0 Å².